The molecule has 4 heterocycles. The molecule has 2 heteroatoms. The highest BCUT2D eigenvalue weighted by atomic mass is 15.1. The lowest BCUT2D eigenvalue weighted by Crippen LogP contribution is -2.46. The van der Waals surface area contributed by atoms with Gasteiger partial charge in [0.15, 0.2) is 0 Å². The molecule has 1 aromatic carbocycles. The van der Waals surface area contributed by atoms with Crippen molar-refractivity contribution in [3.05, 3.63) is 42.1 Å². The van der Waals surface area contributed by atoms with Crippen molar-refractivity contribution in [3.63, 3.8) is 0 Å². The number of para-hydroxylation sites is 1. The molecule has 2 nitrogen and oxygen atoms in total. The fourth-order valence-corrected chi connectivity index (χ4v) is 3.63. The van der Waals surface area contributed by atoms with Crippen LogP contribution in [-0.2, 0) is 0 Å². The summed E-state index contributed by atoms with van der Waals surface area (Å²) in [5, 5.41) is 1.28. The van der Waals surface area contributed by atoms with E-state index in [1.807, 2.05) is 0 Å². The Morgan fingerprint density at radius 3 is 2.72 bits per heavy atom. The van der Waals surface area contributed by atoms with Crippen molar-refractivity contribution in [2.24, 2.45) is 5.92 Å². The van der Waals surface area contributed by atoms with Gasteiger partial charge in [-0.25, -0.2) is 0 Å². The Morgan fingerprint density at radius 1 is 1.11 bits per heavy atom. The van der Waals surface area contributed by atoms with Crippen molar-refractivity contribution in [1.29, 1.82) is 0 Å². The summed E-state index contributed by atoms with van der Waals surface area (Å²) in [6.07, 6.45) is 4.85. The number of aromatic nitrogens is 1. The van der Waals surface area contributed by atoms with E-state index in [0.717, 1.165) is 11.4 Å². The average Bonchev–Trinajstić information content (AvgIpc) is 2.48. The van der Waals surface area contributed by atoms with E-state index < -0.39 is 0 Å². The summed E-state index contributed by atoms with van der Waals surface area (Å²) in [6.45, 7) is 3.86. The van der Waals surface area contributed by atoms with Crippen molar-refractivity contribution < 1.29 is 0 Å². The van der Waals surface area contributed by atoms with Crippen LogP contribution in [-0.4, -0.2) is 29.5 Å². The van der Waals surface area contributed by atoms with Crippen molar-refractivity contribution >= 4 is 10.9 Å². The van der Waals surface area contributed by atoms with Gasteiger partial charge >= 0.3 is 0 Å². The maximum Gasteiger partial charge on any atom is 0.0702 e. The Kier molecular flexibility index (Phi) is 2.37. The molecule has 3 fully saturated rings. The van der Waals surface area contributed by atoms with Gasteiger partial charge in [-0.2, -0.15) is 0 Å². The maximum atomic E-state index is 4.62. The first-order valence-corrected chi connectivity index (χ1v) is 6.97. The first-order chi connectivity index (χ1) is 8.90. The molecule has 18 heavy (non-hydrogen) atoms. The molecule has 0 amide bonds. The highest BCUT2D eigenvalue weighted by molar-refractivity contribution is 5.78. The minimum Gasteiger partial charge on any atom is -0.303 e. The highest BCUT2D eigenvalue weighted by Gasteiger charge is 2.34. The molecule has 1 atom stereocenters. The van der Waals surface area contributed by atoms with E-state index in [-0.39, 0.29) is 0 Å². The summed E-state index contributed by atoms with van der Waals surface area (Å²) in [5.74, 6) is 1.60. The van der Waals surface area contributed by atoms with E-state index in [2.05, 4.69) is 46.4 Å². The van der Waals surface area contributed by atoms with Gasteiger partial charge in [-0.15, -0.1) is 0 Å². The highest BCUT2D eigenvalue weighted by Crippen LogP contribution is 2.39. The predicted octanol–water partition coefficient (Wildman–Crippen LogP) is 3.04. The number of benzene rings is 1. The third-order valence-corrected chi connectivity index (χ3v) is 4.70. The number of pyridine rings is 1. The van der Waals surface area contributed by atoms with Crippen molar-refractivity contribution in [3.8, 4) is 0 Å². The van der Waals surface area contributed by atoms with Crippen LogP contribution in [0.2, 0.25) is 0 Å². The largest absolute Gasteiger partial charge is 0.303 e. The van der Waals surface area contributed by atoms with Gasteiger partial charge in [0.1, 0.15) is 0 Å². The number of hydrogen-bond donors (Lipinski definition) is 0. The van der Waals surface area contributed by atoms with Crippen molar-refractivity contribution in [2.45, 2.75) is 18.8 Å². The molecule has 0 N–H and O–H groups in total. The molecule has 1 aromatic heterocycles. The minimum absolute atomic E-state index is 0.713. The molecule has 0 spiro atoms. The van der Waals surface area contributed by atoms with Crippen LogP contribution in [0.25, 0.3) is 10.9 Å². The Morgan fingerprint density at radius 2 is 1.94 bits per heavy atom. The maximum absolute atomic E-state index is 4.62. The first-order valence-electron chi connectivity index (χ1n) is 6.97. The molecule has 2 bridgehead atoms. The van der Waals surface area contributed by atoms with Crippen LogP contribution < -0.4 is 0 Å². The third kappa shape index (κ3) is 1.64. The number of fused-ring (bicyclic) bond motifs is 4. The standard InChI is InChI=1S/C16H18N2/c1-2-4-16-13(3-1)9-14(10-17-16)15-11-18-7-5-12(15)6-8-18/h1-4,9-10,12,15H,5-8,11H2. The van der Waals surface area contributed by atoms with Crippen LogP contribution >= 0.6 is 0 Å². The molecule has 1 unspecified atom stereocenters. The molecule has 3 aliphatic rings. The molecule has 2 aromatic rings. The van der Waals surface area contributed by atoms with Crippen LogP contribution in [0.5, 0.6) is 0 Å². The quantitative estimate of drug-likeness (QED) is 0.759. The molecule has 0 saturated carbocycles. The smallest absolute Gasteiger partial charge is 0.0702 e. The van der Waals surface area contributed by atoms with E-state index in [1.165, 1.54) is 43.4 Å². The van der Waals surface area contributed by atoms with E-state index in [1.54, 1.807) is 0 Å². The van der Waals surface area contributed by atoms with Gasteiger partial charge in [-0.3, -0.25) is 4.98 Å². The fraction of sp³-hybridized carbons (Fsp3) is 0.438. The van der Waals surface area contributed by atoms with Gasteiger partial charge in [0.2, 0.25) is 0 Å². The summed E-state index contributed by atoms with van der Waals surface area (Å²) < 4.78 is 0. The molecule has 92 valence electrons. The summed E-state index contributed by atoms with van der Waals surface area (Å²) >= 11 is 0. The Labute approximate surface area is 108 Å². The van der Waals surface area contributed by atoms with Crippen LogP contribution in [0.3, 0.4) is 0 Å². The van der Waals surface area contributed by atoms with Gasteiger partial charge in [0.05, 0.1) is 5.52 Å². The first kappa shape index (κ1) is 10.5. The molecule has 5 rings (SSSR count). The lowest BCUT2D eigenvalue weighted by atomic mass is 9.76. The Hall–Kier alpha value is -1.41. The third-order valence-electron chi connectivity index (χ3n) is 4.70. The fourth-order valence-electron chi connectivity index (χ4n) is 3.63. The summed E-state index contributed by atoms with van der Waals surface area (Å²) in [5.41, 5.74) is 2.56. The number of piperidine rings is 3. The average molecular weight is 238 g/mol. The Bertz CT molecular complexity index is 570. The monoisotopic (exact) mass is 238 g/mol. The summed E-state index contributed by atoms with van der Waals surface area (Å²) in [6, 6.07) is 10.8. The number of hydrogen-bond acceptors (Lipinski definition) is 2. The summed E-state index contributed by atoms with van der Waals surface area (Å²) in [7, 11) is 0. The molecular formula is C16H18N2. The second-order valence-corrected chi connectivity index (χ2v) is 5.71. The van der Waals surface area contributed by atoms with Gasteiger partial charge in [0.25, 0.3) is 0 Å². The van der Waals surface area contributed by atoms with Crippen molar-refractivity contribution in [1.82, 2.24) is 9.88 Å². The van der Waals surface area contributed by atoms with E-state index in [4.69, 9.17) is 0 Å². The minimum atomic E-state index is 0.713. The topological polar surface area (TPSA) is 16.1 Å². The molecule has 0 radical (unpaired) electrons. The zero-order chi connectivity index (χ0) is 11.9. The van der Waals surface area contributed by atoms with Gasteiger partial charge in [0, 0.05) is 24.0 Å². The summed E-state index contributed by atoms with van der Waals surface area (Å²) in [4.78, 5) is 7.23. The van der Waals surface area contributed by atoms with Crippen LogP contribution in [0, 0.1) is 5.92 Å². The predicted molar refractivity (Wildman–Crippen MR) is 73.6 cm³/mol. The zero-order valence-corrected chi connectivity index (χ0v) is 10.5. The van der Waals surface area contributed by atoms with Crippen LogP contribution in [0.1, 0.15) is 24.3 Å². The molecule has 0 aliphatic carbocycles. The van der Waals surface area contributed by atoms with E-state index in [0.29, 0.717) is 5.92 Å². The van der Waals surface area contributed by atoms with E-state index in [9.17, 15) is 0 Å². The lowest BCUT2D eigenvalue weighted by Gasteiger charge is -2.45. The van der Waals surface area contributed by atoms with Crippen LogP contribution in [0.4, 0.5) is 0 Å². The van der Waals surface area contributed by atoms with E-state index >= 15 is 0 Å². The van der Waals surface area contributed by atoms with Gasteiger partial charge in [-0.05, 0) is 49.5 Å². The Balaban J connectivity index is 1.74. The molecule has 3 aliphatic heterocycles. The normalized spacial score (nSPS) is 30.8. The SMILES string of the molecule is c1ccc2ncc(C3CN4CCC3CC4)cc2c1. The molecule has 3 saturated heterocycles. The van der Waals surface area contributed by atoms with Gasteiger partial charge < -0.3 is 4.90 Å². The number of rotatable bonds is 1. The second kappa shape index (κ2) is 4.06. The zero-order valence-electron chi connectivity index (χ0n) is 10.5. The van der Waals surface area contributed by atoms with Crippen molar-refractivity contribution in [2.75, 3.05) is 19.6 Å². The van der Waals surface area contributed by atoms with Gasteiger partial charge in [-0.1, -0.05) is 18.2 Å². The van der Waals surface area contributed by atoms with Crippen LogP contribution in [0.15, 0.2) is 36.5 Å². The second-order valence-electron chi connectivity index (χ2n) is 5.71. The molecular weight excluding hydrogens is 220 g/mol. The lowest BCUT2D eigenvalue weighted by molar-refractivity contribution is 0.0870. The number of nitrogens with zero attached hydrogens (tertiary/aromatic N) is 2.